The largest absolute Gasteiger partial charge is 0.482 e. The Labute approximate surface area is 201 Å². The van der Waals surface area contributed by atoms with Crippen molar-refractivity contribution in [2.75, 3.05) is 13.2 Å². The van der Waals surface area contributed by atoms with Gasteiger partial charge in [0.05, 0.1) is 17.9 Å². The Kier molecular flexibility index (Phi) is 8.30. The standard InChI is InChI=1S/C25H27F3N2O3S/c1-5-32-22(31)13-33-21-11-10-19(12-16(21)4)34-14-20-23(15(2)3)30-24(29-20)17-6-8-18(9-7-17)25(26,27)28/h6-12,15H,5,13-14H2,1-4H3,(H,29,30). The molecule has 9 heteroatoms. The molecule has 0 radical (unpaired) electrons. The lowest BCUT2D eigenvalue weighted by Gasteiger charge is -2.10. The van der Waals surface area contributed by atoms with Gasteiger partial charge in [-0.15, -0.1) is 11.8 Å². The van der Waals surface area contributed by atoms with Gasteiger partial charge in [0.25, 0.3) is 0 Å². The topological polar surface area (TPSA) is 64.2 Å². The van der Waals surface area contributed by atoms with Crippen LogP contribution in [0.4, 0.5) is 13.2 Å². The van der Waals surface area contributed by atoms with E-state index in [9.17, 15) is 18.0 Å². The summed E-state index contributed by atoms with van der Waals surface area (Å²) in [6.07, 6.45) is -4.37. The number of rotatable bonds is 9. The molecule has 0 aliphatic rings. The Bertz CT molecular complexity index is 1130. The van der Waals surface area contributed by atoms with E-state index in [1.165, 1.54) is 12.1 Å². The summed E-state index contributed by atoms with van der Waals surface area (Å²) in [6, 6.07) is 10.7. The van der Waals surface area contributed by atoms with Crippen molar-refractivity contribution in [3.8, 4) is 17.1 Å². The highest BCUT2D eigenvalue weighted by molar-refractivity contribution is 7.98. The van der Waals surface area contributed by atoms with E-state index in [2.05, 4.69) is 9.97 Å². The highest BCUT2D eigenvalue weighted by atomic mass is 32.2. The molecule has 0 unspecified atom stereocenters. The Balaban J connectivity index is 1.71. The fraction of sp³-hybridized carbons (Fsp3) is 0.360. The molecule has 34 heavy (non-hydrogen) atoms. The molecule has 0 bridgehead atoms. The third kappa shape index (κ3) is 6.56. The van der Waals surface area contributed by atoms with Crippen LogP contribution in [0.2, 0.25) is 0 Å². The number of esters is 1. The number of aryl methyl sites for hydroxylation is 1. The summed E-state index contributed by atoms with van der Waals surface area (Å²) in [5.74, 6) is 1.52. The Morgan fingerprint density at radius 2 is 1.85 bits per heavy atom. The van der Waals surface area contributed by atoms with E-state index >= 15 is 0 Å². The molecular weight excluding hydrogens is 465 g/mol. The lowest BCUT2D eigenvalue weighted by molar-refractivity contribution is -0.145. The number of halogens is 3. The molecule has 0 saturated carbocycles. The summed E-state index contributed by atoms with van der Waals surface area (Å²) < 4.78 is 49.0. The van der Waals surface area contributed by atoms with Gasteiger partial charge < -0.3 is 14.5 Å². The monoisotopic (exact) mass is 492 g/mol. The molecule has 1 heterocycles. The van der Waals surface area contributed by atoms with Gasteiger partial charge in [-0.05, 0) is 55.7 Å². The number of carbonyl (C=O) groups excluding carboxylic acids is 1. The first-order valence-electron chi connectivity index (χ1n) is 10.9. The molecule has 0 saturated heterocycles. The number of aromatic nitrogens is 2. The highest BCUT2D eigenvalue weighted by Crippen LogP contribution is 2.33. The van der Waals surface area contributed by atoms with E-state index in [4.69, 9.17) is 9.47 Å². The molecule has 0 aliphatic heterocycles. The molecule has 3 aromatic rings. The van der Waals surface area contributed by atoms with Crippen molar-refractivity contribution >= 4 is 17.7 Å². The summed E-state index contributed by atoms with van der Waals surface area (Å²) >= 11 is 1.61. The van der Waals surface area contributed by atoms with Crippen LogP contribution in [-0.2, 0) is 21.5 Å². The van der Waals surface area contributed by atoms with Gasteiger partial charge in [-0.25, -0.2) is 9.78 Å². The number of nitrogens with one attached hydrogen (secondary N) is 1. The maximum absolute atomic E-state index is 12.9. The van der Waals surface area contributed by atoms with E-state index in [-0.39, 0.29) is 12.5 Å². The minimum atomic E-state index is -4.37. The first-order valence-corrected chi connectivity index (χ1v) is 11.8. The van der Waals surface area contributed by atoms with Crippen LogP contribution in [0, 0.1) is 6.92 Å². The average Bonchev–Trinajstić information content (AvgIpc) is 3.21. The first-order chi connectivity index (χ1) is 16.1. The van der Waals surface area contributed by atoms with Crippen molar-refractivity contribution < 1.29 is 27.4 Å². The number of benzene rings is 2. The predicted molar refractivity (Wildman–Crippen MR) is 126 cm³/mol. The van der Waals surface area contributed by atoms with Gasteiger partial charge in [0.2, 0.25) is 0 Å². The molecule has 0 spiro atoms. The smallest absolute Gasteiger partial charge is 0.416 e. The number of imidazole rings is 1. The van der Waals surface area contributed by atoms with Gasteiger partial charge in [0, 0.05) is 21.9 Å². The number of alkyl halides is 3. The molecule has 0 fully saturated rings. The van der Waals surface area contributed by atoms with Gasteiger partial charge in [0.1, 0.15) is 11.6 Å². The number of hydrogen-bond acceptors (Lipinski definition) is 5. The summed E-state index contributed by atoms with van der Waals surface area (Å²) in [5, 5.41) is 0. The molecular formula is C25H27F3N2O3S. The van der Waals surface area contributed by atoms with Crippen molar-refractivity contribution in [1.29, 1.82) is 0 Å². The van der Waals surface area contributed by atoms with Crippen LogP contribution in [0.25, 0.3) is 11.4 Å². The minimum absolute atomic E-state index is 0.139. The van der Waals surface area contributed by atoms with Crippen LogP contribution in [0.3, 0.4) is 0 Å². The summed E-state index contributed by atoms with van der Waals surface area (Å²) in [5.41, 5.74) is 2.62. The van der Waals surface area contributed by atoms with Gasteiger partial charge in [-0.3, -0.25) is 0 Å². The van der Waals surface area contributed by atoms with E-state index in [0.29, 0.717) is 29.5 Å². The molecule has 0 atom stereocenters. The van der Waals surface area contributed by atoms with E-state index in [0.717, 1.165) is 34.0 Å². The van der Waals surface area contributed by atoms with Gasteiger partial charge >= 0.3 is 12.1 Å². The number of carbonyl (C=O) groups is 1. The molecule has 1 aromatic heterocycles. The zero-order valence-electron chi connectivity index (χ0n) is 19.5. The van der Waals surface area contributed by atoms with Crippen LogP contribution in [-0.4, -0.2) is 29.2 Å². The van der Waals surface area contributed by atoms with Crippen molar-refractivity contribution in [2.45, 2.75) is 50.4 Å². The molecule has 5 nitrogen and oxygen atoms in total. The number of ether oxygens (including phenoxy) is 2. The number of hydrogen-bond donors (Lipinski definition) is 1. The summed E-state index contributed by atoms with van der Waals surface area (Å²) in [7, 11) is 0. The fourth-order valence-electron chi connectivity index (χ4n) is 3.33. The SMILES string of the molecule is CCOC(=O)COc1ccc(SCc2[nH]c(-c3ccc(C(F)(F)F)cc3)nc2C(C)C)cc1C. The first kappa shape index (κ1) is 25.7. The zero-order chi connectivity index (χ0) is 24.9. The van der Waals surface area contributed by atoms with Crippen molar-refractivity contribution in [1.82, 2.24) is 9.97 Å². The third-order valence-electron chi connectivity index (χ3n) is 5.02. The second-order valence-electron chi connectivity index (χ2n) is 7.99. The van der Waals surface area contributed by atoms with E-state index < -0.39 is 17.7 Å². The molecule has 0 amide bonds. The zero-order valence-corrected chi connectivity index (χ0v) is 20.3. The van der Waals surface area contributed by atoms with Gasteiger partial charge in [-0.1, -0.05) is 26.0 Å². The molecule has 1 N–H and O–H groups in total. The molecule has 182 valence electrons. The van der Waals surface area contributed by atoms with Crippen molar-refractivity contribution in [3.63, 3.8) is 0 Å². The number of nitrogens with zero attached hydrogens (tertiary/aromatic N) is 1. The number of aromatic amines is 1. The highest BCUT2D eigenvalue weighted by Gasteiger charge is 2.30. The van der Waals surface area contributed by atoms with E-state index in [1.54, 1.807) is 18.7 Å². The summed E-state index contributed by atoms with van der Waals surface area (Å²) in [4.78, 5) is 20.5. The lowest BCUT2D eigenvalue weighted by Crippen LogP contribution is -2.14. The normalized spacial score (nSPS) is 11.6. The average molecular weight is 493 g/mol. The Morgan fingerprint density at radius 1 is 1.15 bits per heavy atom. The van der Waals surface area contributed by atoms with Gasteiger partial charge in [-0.2, -0.15) is 13.2 Å². The molecule has 2 aromatic carbocycles. The van der Waals surface area contributed by atoms with Gasteiger partial charge in [0.15, 0.2) is 6.61 Å². The van der Waals surface area contributed by atoms with Crippen LogP contribution in [0.1, 0.15) is 49.2 Å². The molecule has 0 aliphatic carbocycles. The Hall–Kier alpha value is -2.94. The maximum atomic E-state index is 12.9. The molecule has 3 rings (SSSR count). The minimum Gasteiger partial charge on any atom is -0.482 e. The Morgan fingerprint density at radius 3 is 2.44 bits per heavy atom. The second-order valence-corrected chi connectivity index (χ2v) is 9.04. The van der Waals surface area contributed by atoms with Crippen molar-refractivity contribution in [3.05, 3.63) is 65.0 Å². The third-order valence-corrected chi connectivity index (χ3v) is 6.04. The van der Waals surface area contributed by atoms with Crippen LogP contribution < -0.4 is 4.74 Å². The summed E-state index contributed by atoms with van der Waals surface area (Å²) in [6.45, 7) is 7.87. The lowest BCUT2D eigenvalue weighted by atomic mass is 10.1. The predicted octanol–water partition coefficient (Wildman–Crippen LogP) is 6.76. The van der Waals surface area contributed by atoms with E-state index in [1.807, 2.05) is 39.0 Å². The number of H-pyrrole nitrogens is 1. The second kappa shape index (κ2) is 11.0. The quantitative estimate of drug-likeness (QED) is 0.264. The van der Waals surface area contributed by atoms with Crippen LogP contribution >= 0.6 is 11.8 Å². The fourth-order valence-corrected chi connectivity index (χ4v) is 4.29. The maximum Gasteiger partial charge on any atom is 0.416 e. The number of thioether (sulfide) groups is 1. The van der Waals surface area contributed by atoms with Crippen LogP contribution in [0.5, 0.6) is 5.75 Å². The van der Waals surface area contributed by atoms with Crippen LogP contribution in [0.15, 0.2) is 47.4 Å². The van der Waals surface area contributed by atoms with Crippen molar-refractivity contribution in [2.24, 2.45) is 0 Å².